The lowest BCUT2D eigenvalue weighted by Gasteiger charge is -2.22. The average molecular weight is 257 g/mol. The number of fused-ring (bicyclic) bond motifs is 2. The molecule has 2 aliphatic rings. The molecule has 0 unspecified atom stereocenters. The fourth-order valence-electron chi connectivity index (χ4n) is 3.06. The van der Waals surface area contributed by atoms with Crippen molar-refractivity contribution in [2.75, 3.05) is 0 Å². The molecule has 3 rings (SSSR count). The van der Waals surface area contributed by atoms with Crippen molar-refractivity contribution < 1.29 is 8.42 Å². The van der Waals surface area contributed by atoms with Crippen molar-refractivity contribution in [3.05, 3.63) is 17.5 Å². The minimum Gasteiger partial charge on any atom is -0.207 e. The van der Waals surface area contributed by atoms with Gasteiger partial charge in [0.25, 0.3) is 0 Å². The van der Waals surface area contributed by atoms with Crippen LogP contribution in [0.4, 0.5) is 0 Å². The first kappa shape index (κ1) is 10.7. The van der Waals surface area contributed by atoms with E-state index in [1.807, 2.05) is 0 Å². The van der Waals surface area contributed by atoms with Crippen LogP contribution in [0.25, 0.3) is 0 Å². The van der Waals surface area contributed by atoms with Crippen LogP contribution in [0.1, 0.15) is 25.7 Å². The van der Waals surface area contributed by atoms with Crippen LogP contribution in [0.2, 0.25) is 0 Å². The highest BCUT2D eigenvalue weighted by Crippen LogP contribution is 2.44. The fraction of sp³-hybridized carbons (Fsp3) is 0.636. The summed E-state index contributed by atoms with van der Waals surface area (Å²) in [6.45, 7) is 0. The summed E-state index contributed by atoms with van der Waals surface area (Å²) in [7, 11) is -3.25. The molecule has 2 bridgehead atoms. The van der Waals surface area contributed by atoms with E-state index in [2.05, 4.69) is 4.72 Å². The highest BCUT2D eigenvalue weighted by atomic mass is 32.2. The van der Waals surface area contributed by atoms with E-state index in [0.717, 1.165) is 12.3 Å². The summed E-state index contributed by atoms with van der Waals surface area (Å²) in [4.78, 5) is 0. The lowest BCUT2D eigenvalue weighted by atomic mass is 9.96. The molecule has 0 aliphatic heterocycles. The van der Waals surface area contributed by atoms with Gasteiger partial charge in [0, 0.05) is 6.04 Å². The van der Waals surface area contributed by atoms with E-state index in [4.69, 9.17) is 0 Å². The first-order valence-electron chi connectivity index (χ1n) is 5.71. The van der Waals surface area contributed by atoms with Crippen molar-refractivity contribution in [2.45, 2.75) is 35.9 Å². The second kappa shape index (κ2) is 3.82. The molecule has 0 spiro atoms. The first-order chi connectivity index (χ1) is 7.65. The molecule has 1 aromatic heterocycles. The van der Waals surface area contributed by atoms with E-state index in [1.165, 1.54) is 30.6 Å². The molecule has 2 fully saturated rings. The largest absolute Gasteiger partial charge is 0.250 e. The molecule has 0 saturated heterocycles. The zero-order chi connectivity index (χ0) is 11.2. The number of rotatable bonds is 3. The van der Waals surface area contributed by atoms with Crippen LogP contribution < -0.4 is 4.72 Å². The smallest absolute Gasteiger partial charge is 0.207 e. The Morgan fingerprint density at radius 3 is 2.75 bits per heavy atom. The molecule has 3 atom stereocenters. The zero-order valence-electron chi connectivity index (χ0n) is 8.93. The Kier molecular flexibility index (Phi) is 2.57. The molecule has 5 heteroatoms. The summed E-state index contributed by atoms with van der Waals surface area (Å²) in [6.07, 6.45) is 4.75. The Morgan fingerprint density at radius 1 is 1.31 bits per heavy atom. The van der Waals surface area contributed by atoms with E-state index in [-0.39, 0.29) is 6.04 Å². The topological polar surface area (TPSA) is 46.2 Å². The molecule has 3 nitrogen and oxygen atoms in total. The lowest BCUT2D eigenvalue weighted by molar-refractivity contribution is 0.390. The molecule has 2 aliphatic carbocycles. The van der Waals surface area contributed by atoms with Gasteiger partial charge in [-0.1, -0.05) is 12.5 Å². The van der Waals surface area contributed by atoms with Crippen molar-refractivity contribution in [1.29, 1.82) is 0 Å². The predicted molar refractivity (Wildman–Crippen MR) is 63.9 cm³/mol. The maximum Gasteiger partial charge on any atom is 0.250 e. The van der Waals surface area contributed by atoms with E-state index in [0.29, 0.717) is 10.1 Å². The minimum absolute atomic E-state index is 0.186. The molecule has 0 radical (unpaired) electrons. The summed E-state index contributed by atoms with van der Waals surface area (Å²) in [5, 5.41) is 1.80. The monoisotopic (exact) mass is 257 g/mol. The van der Waals surface area contributed by atoms with E-state index < -0.39 is 10.0 Å². The van der Waals surface area contributed by atoms with Gasteiger partial charge < -0.3 is 0 Å². The van der Waals surface area contributed by atoms with E-state index in [9.17, 15) is 8.42 Å². The summed E-state index contributed by atoms with van der Waals surface area (Å²) in [5.41, 5.74) is 0. The Balaban J connectivity index is 1.76. The number of sulfonamides is 1. The van der Waals surface area contributed by atoms with Crippen LogP contribution in [-0.4, -0.2) is 14.5 Å². The summed E-state index contributed by atoms with van der Waals surface area (Å²) in [5.74, 6) is 1.35. The first-order valence-corrected chi connectivity index (χ1v) is 8.07. The Labute approximate surface area is 99.9 Å². The molecule has 0 aromatic carbocycles. The molecule has 16 heavy (non-hydrogen) atoms. The van der Waals surface area contributed by atoms with Crippen LogP contribution in [-0.2, 0) is 10.0 Å². The Morgan fingerprint density at radius 2 is 2.19 bits per heavy atom. The minimum atomic E-state index is -3.25. The van der Waals surface area contributed by atoms with Crippen LogP contribution in [0, 0.1) is 11.8 Å². The molecular weight excluding hydrogens is 242 g/mol. The maximum absolute atomic E-state index is 12.0. The maximum atomic E-state index is 12.0. The molecule has 2 saturated carbocycles. The second-order valence-corrected chi connectivity index (χ2v) is 7.72. The Hall–Kier alpha value is -0.390. The number of hydrogen-bond donors (Lipinski definition) is 1. The zero-order valence-corrected chi connectivity index (χ0v) is 10.6. The van der Waals surface area contributed by atoms with Gasteiger partial charge in [-0.05, 0) is 42.5 Å². The predicted octanol–water partition coefficient (Wildman–Crippen LogP) is 2.21. The SMILES string of the molecule is O=S(=O)(N[C@@H]1C[C@@H]2CC[C@H]1C2)c1cccs1. The van der Waals surface area contributed by atoms with E-state index >= 15 is 0 Å². The molecule has 88 valence electrons. The third-order valence-corrected chi connectivity index (χ3v) is 6.69. The lowest BCUT2D eigenvalue weighted by Crippen LogP contribution is -2.38. The Bertz CT molecular complexity index is 466. The number of hydrogen-bond acceptors (Lipinski definition) is 3. The molecule has 1 heterocycles. The molecular formula is C11H15NO2S2. The van der Waals surface area contributed by atoms with Gasteiger partial charge in [-0.3, -0.25) is 0 Å². The van der Waals surface area contributed by atoms with Crippen LogP contribution in [0.15, 0.2) is 21.7 Å². The van der Waals surface area contributed by atoms with Gasteiger partial charge in [0.2, 0.25) is 10.0 Å². The van der Waals surface area contributed by atoms with Gasteiger partial charge in [-0.2, -0.15) is 0 Å². The van der Waals surface area contributed by atoms with E-state index in [1.54, 1.807) is 17.5 Å². The third-order valence-electron chi connectivity index (χ3n) is 3.80. The van der Waals surface area contributed by atoms with Crippen molar-refractivity contribution in [3.63, 3.8) is 0 Å². The van der Waals surface area contributed by atoms with Crippen molar-refractivity contribution >= 4 is 21.4 Å². The molecule has 1 N–H and O–H groups in total. The average Bonchev–Trinajstić information content (AvgIpc) is 2.94. The van der Waals surface area contributed by atoms with Crippen molar-refractivity contribution in [2.24, 2.45) is 11.8 Å². The molecule has 1 aromatic rings. The van der Waals surface area contributed by atoms with Crippen molar-refractivity contribution in [3.8, 4) is 0 Å². The number of nitrogens with one attached hydrogen (secondary N) is 1. The highest BCUT2D eigenvalue weighted by Gasteiger charge is 2.41. The summed E-state index contributed by atoms with van der Waals surface area (Å²) < 4.78 is 27.4. The van der Waals surface area contributed by atoms with Gasteiger partial charge in [-0.15, -0.1) is 11.3 Å². The van der Waals surface area contributed by atoms with Crippen LogP contribution in [0.5, 0.6) is 0 Å². The van der Waals surface area contributed by atoms with Crippen LogP contribution >= 0.6 is 11.3 Å². The molecule has 0 amide bonds. The number of thiophene rings is 1. The summed E-state index contributed by atoms with van der Waals surface area (Å²) in [6, 6.07) is 3.63. The quantitative estimate of drug-likeness (QED) is 0.902. The van der Waals surface area contributed by atoms with Crippen LogP contribution in [0.3, 0.4) is 0 Å². The third kappa shape index (κ3) is 1.81. The normalized spacial score (nSPS) is 33.4. The fourth-order valence-corrected chi connectivity index (χ4v) is 5.39. The van der Waals surface area contributed by atoms with Gasteiger partial charge in [0.1, 0.15) is 4.21 Å². The van der Waals surface area contributed by atoms with Gasteiger partial charge in [0.15, 0.2) is 0 Å². The summed E-state index contributed by atoms with van der Waals surface area (Å²) >= 11 is 1.28. The van der Waals surface area contributed by atoms with Gasteiger partial charge in [-0.25, -0.2) is 13.1 Å². The highest BCUT2D eigenvalue weighted by molar-refractivity contribution is 7.91. The van der Waals surface area contributed by atoms with Crippen molar-refractivity contribution in [1.82, 2.24) is 4.72 Å². The standard InChI is InChI=1S/C11H15NO2S2/c13-16(14,11-2-1-5-15-11)12-10-7-8-3-4-9(10)6-8/h1-2,5,8-10,12H,3-4,6-7H2/t8-,9+,10-/m1/s1. The second-order valence-electron chi connectivity index (χ2n) is 4.83. The van der Waals surface area contributed by atoms with Gasteiger partial charge >= 0.3 is 0 Å². The van der Waals surface area contributed by atoms with Gasteiger partial charge in [0.05, 0.1) is 0 Å².